The van der Waals surface area contributed by atoms with Gasteiger partial charge in [-0.3, -0.25) is 20.4 Å². The van der Waals surface area contributed by atoms with Crippen molar-refractivity contribution in [3.8, 4) is 0 Å². The van der Waals surface area contributed by atoms with Crippen LogP contribution in [0.2, 0.25) is 0 Å². The van der Waals surface area contributed by atoms with Gasteiger partial charge in [0.25, 0.3) is 0 Å². The number of carbonyl (C=O) groups is 2. The van der Waals surface area contributed by atoms with Gasteiger partial charge in [-0.15, -0.1) is 11.8 Å². The number of hydrogen-bond donors (Lipinski definition) is 3. The molecule has 2 aromatic carbocycles. The summed E-state index contributed by atoms with van der Waals surface area (Å²) in [6.07, 6.45) is 0.0695. The highest BCUT2D eigenvalue weighted by Crippen LogP contribution is 2.17. The molecule has 1 aromatic heterocycles. The molecule has 3 rings (SSSR count). The van der Waals surface area contributed by atoms with E-state index in [1.165, 1.54) is 17.3 Å². The molecule has 3 N–H and O–H groups in total. The predicted molar refractivity (Wildman–Crippen MR) is 98.0 cm³/mol. The highest BCUT2D eigenvalue weighted by molar-refractivity contribution is 8.00. The number of nitrogens with zero attached hydrogens (tertiary/aromatic N) is 1. The van der Waals surface area contributed by atoms with E-state index < -0.39 is 0 Å². The third-order valence-corrected chi connectivity index (χ3v) is 4.51. The van der Waals surface area contributed by atoms with Crippen LogP contribution >= 0.6 is 11.8 Å². The highest BCUT2D eigenvalue weighted by atomic mass is 32.2. The minimum absolute atomic E-state index is 0.0695. The van der Waals surface area contributed by atoms with Gasteiger partial charge in [0.15, 0.2) is 0 Å². The summed E-state index contributed by atoms with van der Waals surface area (Å²) in [5.74, 6) is 0.201. The fourth-order valence-corrected chi connectivity index (χ4v) is 2.94. The third-order valence-electron chi connectivity index (χ3n) is 3.50. The second-order valence-corrected chi connectivity index (χ2v) is 6.62. The van der Waals surface area contributed by atoms with Crippen LogP contribution in [0.4, 0.5) is 0 Å². The smallest absolute Gasteiger partial charge is 0.248 e. The number of thioether (sulfide) groups is 1. The molecule has 6 nitrogen and oxygen atoms in total. The van der Waals surface area contributed by atoms with E-state index in [-0.39, 0.29) is 24.0 Å². The molecule has 0 fully saturated rings. The van der Waals surface area contributed by atoms with Crippen molar-refractivity contribution < 1.29 is 9.59 Å². The number of carbonyl (C=O) groups excluding carboxylic acids is 2. The van der Waals surface area contributed by atoms with E-state index in [0.717, 1.165) is 15.9 Å². The van der Waals surface area contributed by atoms with Gasteiger partial charge in [0.1, 0.15) is 5.82 Å². The number of rotatable bonds is 5. The zero-order valence-corrected chi connectivity index (χ0v) is 14.5. The van der Waals surface area contributed by atoms with Crippen molar-refractivity contribution in [3.63, 3.8) is 0 Å². The number of nitrogens with one attached hydrogen (secondary N) is 3. The van der Waals surface area contributed by atoms with Crippen LogP contribution in [0.1, 0.15) is 11.4 Å². The lowest BCUT2D eigenvalue weighted by Crippen LogP contribution is -2.43. The van der Waals surface area contributed by atoms with E-state index >= 15 is 0 Å². The SMILES string of the molecule is Cc1ccc(SCC(=O)NNC(=O)Cc2nc3ccccc3[nH]2)cc1. The van der Waals surface area contributed by atoms with Crippen LogP contribution in [0.15, 0.2) is 53.4 Å². The Morgan fingerprint density at radius 1 is 1.04 bits per heavy atom. The quantitative estimate of drug-likeness (QED) is 0.485. The molecule has 0 saturated carbocycles. The molecule has 0 aliphatic carbocycles. The summed E-state index contributed by atoms with van der Waals surface area (Å²) < 4.78 is 0. The minimum Gasteiger partial charge on any atom is -0.342 e. The average Bonchev–Trinajstić information content (AvgIpc) is 3.01. The Morgan fingerprint density at radius 3 is 2.52 bits per heavy atom. The fourth-order valence-electron chi connectivity index (χ4n) is 2.24. The van der Waals surface area contributed by atoms with Crippen LogP contribution in [0.25, 0.3) is 11.0 Å². The normalized spacial score (nSPS) is 10.6. The molecular weight excluding hydrogens is 336 g/mol. The Labute approximate surface area is 149 Å². The molecule has 7 heteroatoms. The second-order valence-electron chi connectivity index (χ2n) is 5.58. The molecule has 0 saturated heterocycles. The summed E-state index contributed by atoms with van der Waals surface area (Å²) in [4.78, 5) is 32.1. The van der Waals surface area contributed by atoms with Gasteiger partial charge in [0.05, 0.1) is 23.2 Å². The van der Waals surface area contributed by atoms with Crippen molar-refractivity contribution >= 4 is 34.6 Å². The number of aromatic nitrogens is 2. The molecule has 25 heavy (non-hydrogen) atoms. The van der Waals surface area contributed by atoms with Gasteiger partial charge in [0, 0.05) is 4.90 Å². The molecule has 3 aromatic rings. The summed E-state index contributed by atoms with van der Waals surface area (Å²) in [5.41, 5.74) is 7.69. The first-order valence-electron chi connectivity index (χ1n) is 7.81. The first-order chi connectivity index (χ1) is 12.1. The third kappa shape index (κ3) is 4.84. The zero-order valence-electron chi connectivity index (χ0n) is 13.7. The lowest BCUT2D eigenvalue weighted by atomic mass is 10.2. The Balaban J connectivity index is 1.43. The summed E-state index contributed by atoms with van der Waals surface area (Å²) >= 11 is 1.41. The number of aromatic amines is 1. The fraction of sp³-hybridized carbons (Fsp3) is 0.167. The summed E-state index contributed by atoms with van der Waals surface area (Å²) in [6, 6.07) is 15.5. The standard InChI is InChI=1S/C18H18N4O2S/c1-12-6-8-13(9-7-12)25-11-18(24)22-21-17(23)10-16-19-14-4-2-3-5-15(14)20-16/h2-9H,10-11H2,1H3,(H,19,20)(H,21,23)(H,22,24). The molecule has 0 spiro atoms. The molecule has 0 aliphatic heterocycles. The van der Waals surface area contributed by atoms with Crippen LogP contribution in [-0.2, 0) is 16.0 Å². The Bertz CT molecular complexity index is 856. The second kappa shape index (κ2) is 7.85. The van der Waals surface area contributed by atoms with Crippen LogP contribution in [0.5, 0.6) is 0 Å². The topological polar surface area (TPSA) is 86.9 Å². The Morgan fingerprint density at radius 2 is 1.76 bits per heavy atom. The Hall–Kier alpha value is -2.80. The molecule has 128 valence electrons. The first-order valence-corrected chi connectivity index (χ1v) is 8.79. The molecule has 0 radical (unpaired) electrons. The van der Waals surface area contributed by atoms with E-state index in [1.807, 2.05) is 55.5 Å². The largest absolute Gasteiger partial charge is 0.342 e. The first kappa shape index (κ1) is 17.0. The number of imidazole rings is 1. The van der Waals surface area contributed by atoms with Gasteiger partial charge in [-0.25, -0.2) is 4.98 Å². The zero-order chi connectivity index (χ0) is 17.6. The van der Waals surface area contributed by atoms with Gasteiger partial charge >= 0.3 is 0 Å². The van der Waals surface area contributed by atoms with Crippen LogP contribution < -0.4 is 10.9 Å². The summed E-state index contributed by atoms with van der Waals surface area (Å²) in [7, 11) is 0. The number of amides is 2. The van der Waals surface area contributed by atoms with Gasteiger partial charge in [-0.2, -0.15) is 0 Å². The van der Waals surface area contributed by atoms with Crippen molar-refractivity contribution in [2.24, 2.45) is 0 Å². The molecule has 0 atom stereocenters. The van der Waals surface area contributed by atoms with Crippen molar-refractivity contribution in [1.29, 1.82) is 0 Å². The van der Waals surface area contributed by atoms with Crippen molar-refractivity contribution in [2.75, 3.05) is 5.75 Å². The van der Waals surface area contributed by atoms with E-state index in [2.05, 4.69) is 20.8 Å². The maximum absolute atomic E-state index is 11.9. The van der Waals surface area contributed by atoms with Gasteiger partial charge in [0.2, 0.25) is 11.8 Å². The molecule has 0 aliphatic rings. The predicted octanol–water partition coefficient (Wildman–Crippen LogP) is 2.35. The number of aryl methyl sites for hydroxylation is 1. The molecule has 0 bridgehead atoms. The lowest BCUT2D eigenvalue weighted by Gasteiger charge is -2.06. The number of benzene rings is 2. The van der Waals surface area contributed by atoms with Crippen LogP contribution in [0, 0.1) is 6.92 Å². The van der Waals surface area contributed by atoms with Gasteiger partial charge < -0.3 is 4.98 Å². The maximum atomic E-state index is 11.9. The molecule has 1 heterocycles. The summed E-state index contributed by atoms with van der Waals surface area (Å²) in [5, 5.41) is 0. The molecular formula is C18H18N4O2S. The highest BCUT2D eigenvalue weighted by Gasteiger charge is 2.09. The van der Waals surface area contributed by atoms with E-state index in [9.17, 15) is 9.59 Å². The number of H-pyrrole nitrogens is 1. The van der Waals surface area contributed by atoms with E-state index in [0.29, 0.717) is 5.82 Å². The van der Waals surface area contributed by atoms with Crippen LogP contribution in [-0.4, -0.2) is 27.5 Å². The minimum atomic E-state index is -0.326. The number of fused-ring (bicyclic) bond motifs is 1. The Kier molecular flexibility index (Phi) is 5.35. The monoisotopic (exact) mass is 354 g/mol. The van der Waals surface area contributed by atoms with Crippen molar-refractivity contribution in [2.45, 2.75) is 18.2 Å². The van der Waals surface area contributed by atoms with Gasteiger partial charge in [-0.05, 0) is 31.2 Å². The van der Waals surface area contributed by atoms with Gasteiger partial charge in [-0.1, -0.05) is 29.8 Å². The lowest BCUT2D eigenvalue weighted by molar-refractivity contribution is -0.127. The number of hydrazine groups is 1. The number of hydrogen-bond acceptors (Lipinski definition) is 4. The average molecular weight is 354 g/mol. The van der Waals surface area contributed by atoms with E-state index in [4.69, 9.17) is 0 Å². The van der Waals surface area contributed by atoms with Crippen molar-refractivity contribution in [3.05, 3.63) is 59.9 Å². The summed E-state index contributed by atoms with van der Waals surface area (Å²) in [6.45, 7) is 2.01. The van der Waals surface area contributed by atoms with Crippen molar-refractivity contribution in [1.82, 2.24) is 20.8 Å². The molecule has 0 unspecified atom stereocenters. The molecule has 2 amide bonds. The maximum Gasteiger partial charge on any atom is 0.248 e. The van der Waals surface area contributed by atoms with E-state index in [1.54, 1.807) is 0 Å². The van der Waals surface area contributed by atoms with Crippen LogP contribution in [0.3, 0.4) is 0 Å². The number of para-hydroxylation sites is 2.